The first-order valence-corrected chi connectivity index (χ1v) is 5.37. The number of carbonyl (C=O) groups excluding carboxylic acids is 2. The third kappa shape index (κ3) is 3.34. The summed E-state index contributed by atoms with van der Waals surface area (Å²) >= 11 is 0. The third-order valence-corrected chi connectivity index (χ3v) is 2.55. The van der Waals surface area contributed by atoms with Crippen molar-refractivity contribution in [3.8, 4) is 0 Å². The number of hydrogen-bond donors (Lipinski definition) is 1. The van der Waals surface area contributed by atoms with Crippen LogP contribution >= 0.6 is 0 Å². The lowest BCUT2D eigenvalue weighted by Crippen LogP contribution is -2.35. The van der Waals surface area contributed by atoms with Crippen LogP contribution in [0.4, 0.5) is 0 Å². The predicted octanol–water partition coefficient (Wildman–Crippen LogP) is 0.591. The zero-order valence-electron chi connectivity index (χ0n) is 9.35. The minimum atomic E-state index is -0.563. The second-order valence-electron chi connectivity index (χ2n) is 3.61. The van der Waals surface area contributed by atoms with Gasteiger partial charge in [0, 0.05) is 6.61 Å². The molecule has 90 valence electrons. The van der Waals surface area contributed by atoms with Crippen molar-refractivity contribution in [2.45, 2.75) is 19.8 Å². The van der Waals surface area contributed by atoms with E-state index in [4.69, 9.17) is 15.2 Å². The van der Waals surface area contributed by atoms with Crippen LogP contribution in [0.1, 0.15) is 19.8 Å². The average Bonchev–Trinajstić information content (AvgIpc) is 2.29. The molecule has 1 amide bonds. The first-order valence-electron chi connectivity index (χ1n) is 5.37. The van der Waals surface area contributed by atoms with Gasteiger partial charge in [0.15, 0.2) is 6.79 Å². The summed E-state index contributed by atoms with van der Waals surface area (Å²) in [7, 11) is 0. The van der Waals surface area contributed by atoms with Crippen molar-refractivity contribution in [2.24, 2.45) is 17.6 Å². The van der Waals surface area contributed by atoms with Crippen molar-refractivity contribution in [3.63, 3.8) is 0 Å². The number of carbonyl (C=O) groups is 2. The fourth-order valence-electron chi connectivity index (χ4n) is 1.67. The maximum absolute atomic E-state index is 11.6. The molecule has 0 aromatic heterocycles. The minimum absolute atomic E-state index is 0.0782. The van der Waals surface area contributed by atoms with Crippen LogP contribution < -0.4 is 5.73 Å². The largest absolute Gasteiger partial charge is 0.438 e. The van der Waals surface area contributed by atoms with E-state index in [0.717, 1.165) is 6.42 Å². The lowest BCUT2D eigenvalue weighted by molar-refractivity contribution is -0.162. The molecular formula is C11H17NO4. The Morgan fingerprint density at radius 2 is 2.25 bits per heavy atom. The summed E-state index contributed by atoms with van der Waals surface area (Å²) in [5.74, 6) is -1.93. The Kier molecular flexibility index (Phi) is 4.98. The van der Waals surface area contributed by atoms with Gasteiger partial charge in [-0.25, -0.2) is 0 Å². The van der Waals surface area contributed by atoms with E-state index in [-0.39, 0.29) is 6.79 Å². The molecule has 5 nitrogen and oxygen atoms in total. The molecule has 16 heavy (non-hydrogen) atoms. The van der Waals surface area contributed by atoms with Gasteiger partial charge >= 0.3 is 5.97 Å². The number of allylic oxidation sites excluding steroid dienone is 1. The van der Waals surface area contributed by atoms with Gasteiger partial charge in [0.05, 0.1) is 11.8 Å². The molecule has 2 N–H and O–H groups in total. The summed E-state index contributed by atoms with van der Waals surface area (Å²) in [6, 6.07) is 0. The number of ether oxygens (including phenoxy) is 2. The first kappa shape index (κ1) is 12.7. The van der Waals surface area contributed by atoms with Gasteiger partial charge in [0.25, 0.3) is 0 Å². The second kappa shape index (κ2) is 6.27. The Hall–Kier alpha value is -1.36. The normalized spacial score (nSPS) is 24.1. The molecule has 5 heteroatoms. The molecule has 0 aromatic carbocycles. The summed E-state index contributed by atoms with van der Waals surface area (Å²) < 4.78 is 9.79. The number of nitrogens with two attached hydrogens (primary N) is 1. The van der Waals surface area contributed by atoms with E-state index in [9.17, 15) is 9.59 Å². The summed E-state index contributed by atoms with van der Waals surface area (Å²) in [5.41, 5.74) is 5.24. The molecule has 0 heterocycles. The van der Waals surface area contributed by atoms with E-state index in [1.54, 1.807) is 13.0 Å². The molecule has 0 bridgehead atoms. The molecule has 0 aliphatic heterocycles. The van der Waals surface area contributed by atoms with Gasteiger partial charge in [-0.1, -0.05) is 12.2 Å². The van der Waals surface area contributed by atoms with Crippen molar-refractivity contribution in [3.05, 3.63) is 12.2 Å². The maximum Gasteiger partial charge on any atom is 0.315 e. The van der Waals surface area contributed by atoms with E-state index in [1.807, 2.05) is 6.08 Å². The van der Waals surface area contributed by atoms with E-state index >= 15 is 0 Å². The van der Waals surface area contributed by atoms with Crippen LogP contribution in [0.5, 0.6) is 0 Å². The SMILES string of the molecule is CCOCOC(=O)C1C=CCCC1C(N)=O. The molecule has 0 radical (unpaired) electrons. The summed E-state index contributed by atoms with van der Waals surface area (Å²) in [6.45, 7) is 2.21. The van der Waals surface area contributed by atoms with Crippen LogP contribution in [-0.4, -0.2) is 25.3 Å². The molecule has 1 rings (SSSR count). The summed E-state index contributed by atoms with van der Waals surface area (Å²) in [6.07, 6.45) is 4.92. The van der Waals surface area contributed by atoms with Gasteiger partial charge in [-0.05, 0) is 19.8 Å². The molecular weight excluding hydrogens is 210 g/mol. The average molecular weight is 227 g/mol. The Labute approximate surface area is 94.6 Å². The summed E-state index contributed by atoms with van der Waals surface area (Å²) in [5, 5.41) is 0. The van der Waals surface area contributed by atoms with Crippen LogP contribution in [-0.2, 0) is 19.1 Å². The Morgan fingerprint density at radius 1 is 1.50 bits per heavy atom. The van der Waals surface area contributed by atoms with Gasteiger partial charge < -0.3 is 15.2 Å². The van der Waals surface area contributed by atoms with E-state index < -0.39 is 23.7 Å². The number of hydrogen-bond acceptors (Lipinski definition) is 4. The highest BCUT2D eigenvalue weighted by atomic mass is 16.7. The highest BCUT2D eigenvalue weighted by Gasteiger charge is 2.32. The standard InChI is InChI=1S/C11H17NO4/c1-2-15-7-16-11(14)9-6-4-3-5-8(9)10(12)13/h4,6,8-9H,2-3,5,7H2,1H3,(H2,12,13). The fraction of sp³-hybridized carbons (Fsp3) is 0.636. The van der Waals surface area contributed by atoms with Crippen LogP contribution in [0.3, 0.4) is 0 Å². The first-order chi connectivity index (χ1) is 7.66. The van der Waals surface area contributed by atoms with Crippen LogP contribution in [0.15, 0.2) is 12.2 Å². The highest BCUT2D eigenvalue weighted by molar-refractivity contribution is 5.85. The quantitative estimate of drug-likeness (QED) is 0.323. The van der Waals surface area contributed by atoms with Crippen LogP contribution in [0, 0.1) is 11.8 Å². The fourth-order valence-corrected chi connectivity index (χ4v) is 1.67. The topological polar surface area (TPSA) is 78.6 Å². The lowest BCUT2D eigenvalue weighted by atomic mass is 9.83. The van der Waals surface area contributed by atoms with E-state index in [2.05, 4.69) is 0 Å². The molecule has 2 unspecified atom stereocenters. The monoisotopic (exact) mass is 227 g/mol. The zero-order chi connectivity index (χ0) is 12.0. The molecule has 1 aliphatic rings. The predicted molar refractivity (Wildman–Crippen MR) is 57.1 cm³/mol. The molecule has 0 saturated carbocycles. The Bertz CT molecular complexity index is 288. The molecule has 1 aliphatic carbocycles. The molecule has 0 saturated heterocycles. The van der Waals surface area contributed by atoms with E-state index in [0.29, 0.717) is 13.0 Å². The summed E-state index contributed by atoms with van der Waals surface area (Å²) in [4.78, 5) is 22.8. The van der Waals surface area contributed by atoms with Crippen LogP contribution in [0.25, 0.3) is 0 Å². The van der Waals surface area contributed by atoms with Crippen molar-refractivity contribution >= 4 is 11.9 Å². The van der Waals surface area contributed by atoms with E-state index in [1.165, 1.54) is 0 Å². The van der Waals surface area contributed by atoms with Gasteiger partial charge in [0.2, 0.25) is 5.91 Å². The zero-order valence-corrected chi connectivity index (χ0v) is 9.35. The smallest absolute Gasteiger partial charge is 0.315 e. The van der Waals surface area contributed by atoms with Gasteiger partial charge in [0.1, 0.15) is 0 Å². The van der Waals surface area contributed by atoms with Crippen LogP contribution in [0.2, 0.25) is 0 Å². The molecule has 2 atom stereocenters. The molecule has 0 aromatic rings. The van der Waals surface area contributed by atoms with Crippen molar-refractivity contribution in [1.82, 2.24) is 0 Å². The molecule has 0 fully saturated rings. The lowest BCUT2D eigenvalue weighted by Gasteiger charge is -2.23. The number of amides is 1. The third-order valence-electron chi connectivity index (χ3n) is 2.55. The van der Waals surface area contributed by atoms with Gasteiger partial charge in [-0.3, -0.25) is 9.59 Å². The second-order valence-corrected chi connectivity index (χ2v) is 3.61. The Morgan fingerprint density at radius 3 is 2.88 bits per heavy atom. The van der Waals surface area contributed by atoms with Gasteiger partial charge in [-0.2, -0.15) is 0 Å². The number of esters is 1. The Balaban J connectivity index is 2.54. The minimum Gasteiger partial charge on any atom is -0.438 e. The van der Waals surface area contributed by atoms with Crippen molar-refractivity contribution < 1.29 is 19.1 Å². The van der Waals surface area contributed by atoms with Crippen molar-refractivity contribution in [2.75, 3.05) is 13.4 Å². The maximum atomic E-state index is 11.6. The van der Waals surface area contributed by atoms with Gasteiger partial charge in [-0.15, -0.1) is 0 Å². The highest BCUT2D eigenvalue weighted by Crippen LogP contribution is 2.25. The molecule has 0 spiro atoms. The number of primary amides is 1. The number of rotatable bonds is 5. The van der Waals surface area contributed by atoms with Crippen molar-refractivity contribution in [1.29, 1.82) is 0 Å².